The maximum atomic E-state index is 12.2. The summed E-state index contributed by atoms with van der Waals surface area (Å²) in [7, 11) is 1.66. The minimum absolute atomic E-state index is 0.231. The number of carbonyl (C=O) groups excluding carboxylic acids is 1. The van der Waals surface area contributed by atoms with E-state index in [1.165, 1.54) is 11.8 Å². The molecular formula is C20H19BrN4O2. The molecule has 0 aliphatic heterocycles. The van der Waals surface area contributed by atoms with E-state index in [0.29, 0.717) is 11.3 Å². The number of methoxy groups -OCH3 is 1. The highest BCUT2D eigenvalue weighted by Crippen LogP contribution is 2.15. The van der Waals surface area contributed by atoms with E-state index in [4.69, 9.17) is 4.74 Å². The molecule has 3 aromatic rings. The first-order valence-electron chi connectivity index (χ1n) is 8.39. The number of amides is 1. The van der Waals surface area contributed by atoms with Crippen LogP contribution in [0, 0.1) is 0 Å². The number of hydrogen-bond acceptors (Lipinski definition) is 5. The maximum Gasteiger partial charge on any atom is 0.257 e. The van der Waals surface area contributed by atoms with Gasteiger partial charge in [0.2, 0.25) is 0 Å². The topological polar surface area (TPSA) is 76.1 Å². The lowest BCUT2D eigenvalue weighted by atomic mass is 10.1. The number of nitrogens with one attached hydrogen (secondary N) is 2. The van der Waals surface area contributed by atoms with Crippen molar-refractivity contribution in [1.29, 1.82) is 0 Å². The Labute approximate surface area is 166 Å². The largest absolute Gasteiger partial charge is 0.497 e. The molecule has 0 spiro atoms. The number of hydrogen-bond donors (Lipinski definition) is 2. The van der Waals surface area contributed by atoms with Gasteiger partial charge in [0.15, 0.2) is 0 Å². The number of ether oxygens (including phenoxy) is 1. The van der Waals surface area contributed by atoms with Crippen molar-refractivity contribution in [2.24, 2.45) is 0 Å². The Morgan fingerprint density at radius 2 is 1.93 bits per heavy atom. The summed E-state index contributed by atoms with van der Waals surface area (Å²) in [5.41, 5.74) is 2.32. The van der Waals surface area contributed by atoms with Crippen molar-refractivity contribution < 1.29 is 9.53 Å². The van der Waals surface area contributed by atoms with Gasteiger partial charge in [-0.1, -0.05) is 12.1 Å². The van der Waals surface area contributed by atoms with Crippen LogP contribution in [0.3, 0.4) is 0 Å². The second-order valence-corrected chi connectivity index (χ2v) is 6.72. The molecule has 2 heterocycles. The summed E-state index contributed by atoms with van der Waals surface area (Å²) in [6.07, 6.45) is 5.65. The van der Waals surface area contributed by atoms with Crippen molar-refractivity contribution in [2.75, 3.05) is 24.3 Å². The number of halogens is 1. The number of pyridine rings is 2. The highest BCUT2D eigenvalue weighted by molar-refractivity contribution is 9.10. The quantitative estimate of drug-likeness (QED) is 0.593. The van der Waals surface area contributed by atoms with E-state index in [9.17, 15) is 4.79 Å². The zero-order valence-electron chi connectivity index (χ0n) is 14.8. The van der Waals surface area contributed by atoms with Crippen LogP contribution in [0.15, 0.2) is 65.5 Å². The summed E-state index contributed by atoms with van der Waals surface area (Å²) in [5.74, 6) is 1.38. The van der Waals surface area contributed by atoms with Crippen molar-refractivity contribution in [2.45, 2.75) is 6.42 Å². The first-order chi connectivity index (χ1) is 13.1. The Kier molecular flexibility index (Phi) is 6.38. The fourth-order valence-corrected chi connectivity index (χ4v) is 2.80. The number of rotatable bonds is 7. The zero-order chi connectivity index (χ0) is 19.1. The van der Waals surface area contributed by atoms with Crippen molar-refractivity contribution >= 4 is 33.3 Å². The first kappa shape index (κ1) is 18.8. The Hall–Kier alpha value is -2.93. The van der Waals surface area contributed by atoms with Crippen LogP contribution in [0.1, 0.15) is 15.9 Å². The number of carbonyl (C=O) groups is 1. The summed E-state index contributed by atoms with van der Waals surface area (Å²) in [5, 5.41) is 6.07. The molecule has 2 aromatic heterocycles. The van der Waals surface area contributed by atoms with Gasteiger partial charge in [-0.3, -0.25) is 9.78 Å². The van der Waals surface area contributed by atoms with Crippen LogP contribution < -0.4 is 15.4 Å². The molecular weight excluding hydrogens is 408 g/mol. The smallest absolute Gasteiger partial charge is 0.257 e. The molecule has 6 nitrogen and oxygen atoms in total. The van der Waals surface area contributed by atoms with Crippen LogP contribution in [0.5, 0.6) is 5.75 Å². The van der Waals surface area contributed by atoms with Crippen molar-refractivity contribution in [1.82, 2.24) is 9.97 Å². The van der Waals surface area contributed by atoms with Crippen molar-refractivity contribution in [3.05, 3.63) is 76.7 Å². The molecule has 3 rings (SSSR count). The second-order valence-electron chi connectivity index (χ2n) is 5.80. The molecule has 1 aromatic carbocycles. The van der Waals surface area contributed by atoms with Gasteiger partial charge in [-0.2, -0.15) is 0 Å². The van der Waals surface area contributed by atoms with E-state index in [1.807, 2.05) is 36.4 Å². The number of benzene rings is 1. The fourth-order valence-electron chi connectivity index (χ4n) is 2.44. The van der Waals surface area contributed by atoms with Crippen molar-refractivity contribution in [3.63, 3.8) is 0 Å². The molecule has 7 heteroatoms. The molecule has 138 valence electrons. The van der Waals surface area contributed by atoms with Crippen LogP contribution in [-0.4, -0.2) is 29.5 Å². The monoisotopic (exact) mass is 426 g/mol. The summed E-state index contributed by atoms with van der Waals surface area (Å²) in [6.45, 7) is 0.759. The Morgan fingerprint density at radius 3 is 2.59 bits per heavy atom. The molecule has 0 fully saturated rings. The van der Waals surface area contributed by atoms with E-state index in [1.54, 1.807) is 25.6 Å². The van der Waals surface area contributed by atoms with E-state index >= 15 is 0 Å². The maximum absolute atomic E-state index is 12.2. The Morgan fingerprint density at radius 1 is 1.11 bits per heavy atom. The molecule has 1 amide bonds. The van der Waals surface area contributed by atoms with Crippen LogP contribution in [-0.2, 0) is 6.42 Å². The van der Waals surface area contributed by atoms with E-state index < -0.39 is 0 Å². The normalized spacial score (nSPS) is 10.3. The zero-order valence-corrected chi connectivity index (χ0v) is 16.4. The van der Waals surface area contributed by atoms with Gasteiger partial charge in [-0.15, -0.1) is 0 Å². The average Bonchev–Trinajstić information content (AvgIpc) is 2.70. The minimum Gasteiger partial charge on any atom is -0.497 e. The van der Waals surface area contributed by atoms with Gasteiger partial charge in [0.05, 0.1) is 24.6 Å². The Bertz CT molecular complexity index is 899. The molecule has 27 heavy (non-hydrogen) atoms. The lowest BCUT2D eigenvalue weighted by Crippen LogP contribution is -2.12. The molecule has 0 atom stereocenters. The predicted octanol–water partition coefficient (Wildman–Crippen LogP) is 4.15. The summed E-state index contributed by atoms with van der Waals surface area (Å²) in [4.78, 5) is 20.5. The molecule has 0 bridgehead atoms. The van der Waals surface area contributed by atoms with Gasteiger partial charge in [0.25, 0.3) is 5.91 Å². The molecule has 0 saturated heterocycles. The van der Waals surface area contributed by atoms with Gasteiger partial charge in [0.1, 0.15) is 11.6 Å². The molecule has 0 unspecified atom stereocenters. The third-order valence-corrected chi connectivity index (χ3v) is 4.30. The van der Waals surface area contributed by atoms with Crippen LogP contribution in [0.4, 0.5) is 11.5 Å². The SMILES string of the molecule is COc1ccc(CCNc2ccc(NC(=O)c3cncc(Br)c3)cn2)cc1. The summed E-state index contributed by atoms with van der Waals surface area (Å²) >= 11 is 3.30. The fraction of sp³-hybridized carbons (Fsp3) is 0.150. The van der Waals surface area contributed by atoms with Gasteiger partial charge in [-0.25, -0.2) is 4.98 Å². The molecule has 2 N–H and O–H groups in total. The van der Waals surface area contributed by atoms with Crippen LogP contribution in [0.25, 0.3) is 0 Å². The third kappa shape index (κ3) is 5.52. The second kappa shape index (κ2) is 9.14. The molecule has 0 radical (unpaired) electrons. The summed E-state index contributed by atoms with van der Waals surface area (Å²) < 4.78 is 5.91. The van der Waals surface area contributed by atoms with E-state index in [2.05, 4.69) is 36.5 Å². The number of aromatic nitrogens is 2. The van der Waals surface area contributed by atoms with Crippen LogP contribution >= 0.6 is 15.9 Å². The number of nitrogens with zero attached hydrogens (tertiary/aromatic N) is 2. The van der Waals surface area contributed by atoms with Gasteiger partial charge in [-0.05, 0) is 58.2 Å². The average molecular weight is 427 g/mol. The van der Waals surface area contributed by atoms with Gasteiger partial charge >= 0.3 is 0 Å². The van der Waals surface area contributed by atoms with E-state index in [-0.39, 0.29) is 5.91 Å². The standard InChI is InChI=1S/C20H19BrN4O2/c1-27-18-5-2-14(3-6-18)8-9-23-19-7-4-17(13-24-19)25-20(26)15-10-16(21)12-22-11-15/h2-7,10-13H,8-9H2,1H3,(H,23,24)(H,25,26). The first-order valence-corrected chi connectivity index (χ1v) is 9.18. The van der Waals surface area contributed by atoms with Crippen LogP contribution in [0.2, 0.25) is 0 Å². The highest BCUT2D eigenvalue weighted by Gasteiger charge is 2.07. The highest BCUT2D eigenvalue weighted by atomic mass is 79.9. The third-order valence-electron chi connectivity index (χ3n) is 3.87. The Balaban J connectivity index is 1.50. The minimum atomic E-state index is -0.231. The molecule has 0 saturated carbocycles. The molecule has 0 aliphatic rings. The van der Waals surface area contributed by atoms with Gasteiger partial charge in [0, 0.05) is 23.4 Å². The lowest BCUT2D eigenvalue weighted by Gasteiger charge is -2.08. The van der Waals surface area contributed by atoms with Gasteiger partial charge < -0.3 is 15.4 Å². The lowest BCUT2D eigenvalue weighted by molar-refractivity contribution is 0.102. The van der Waals surface area contributed by atoms with Crippen molar-refractivity contribution in [3.8, 4) is 5.75 Å². The van der Waals surface area contributed by atoms with E-state index in [0.717, 1.165) is 29.0 Å². The predicted molar refractivity (Wildman–Crippen MR) is 109 cm³/mol. The summed E-state index contributed by atoms with van der Waals surface area (Å²) in [6, 6.07) is 13.4. The molecule has 0 aliphatic carbocycles. The number of anilines is 2.